The van der Waals surface area contributed by atoms with Gasteiger partial charge in [-0.25, -0.2) is 0 Å². The summed E-state index contributed by atoms with van der Waals surface area (Å²) in [6.07, 6.45) is 8.98. The van der Waals surface area contributed by atoms with Gasteiger partial charge in [0.1, 0.15) is 5.82 Å². The van der Waals surface area contributed by atoms with Crippen LogP contribution in [0.1, 0.15) is 63.6 Å². The molecule has 0 aromatic carbocycles. The van der Waals surface area contributed by atoms with Crippen molar-refractivity contribution >= 4 is 11.5 Å². The Hall–Kier alpha value is -1.69. The van der Waals surface area contributed by atoms with Gasteiger partial charge in [-0.2, -0.15) is 4.52 Å². The highest BCUT2D eigenvalue weighted by atomic mass is 15.4. The Morgan fingerprint density at radius 3 is 2.92 bits per heavy atom. The molecule has 1 saturated heterocycles. The van der Waals surface area contributed by atoms with Gasteiger partial charge in [0.2, 0.25) is 0 Å². The topological polar surface area (TPSA) is 58.3 Å². The molecule has 1 aliphatic carbocycles. The van der Waals surface area contributed by atoms with Gasteiger partial charge in [-0.1, -0.05) is 19.8 Å². The SMILES string of the molecule is CCCCN1CCCCC1CNc1ccc2nnc(C3CC3)n2n1. The van der Waals surface area contributed by atoms with Crippen LogP contribution in [-0.2, 0) is 0 Å². The number of rotatable bonds is 7. The summed E-state index contributed by atoms with van der Waals surface area (Å²) >= 11 is 0. The molecule has 1 atom stereocenters. The molecule has 3 heterocycles. The van der Waals surface area contributed by atoms with E-state index in [1.807, 2.05) is 16.6 Å². The molecule has 2 fully saturated rings. The van der Waals surface area contributed by atoms with E-state index in [2.05, 4.69) is 27.3 Å². The minimum atomic E-state index is 0.561. The summed E-state index contributed by atoms with van der Waals surface area (Å²) in [7, 11) is 0. The van der Waals surface area contributed by atoms with Crippen molar-refractivity contribution < 1.29 is 0 Å². The largest absolute Gasteiger partial charge is 0.367 e. The molecule has 0 spiro atoms. The number of hydrogen-bond donors (Lipinski definition) is 1. The average molecular weight is 328 g/mol. The molecule has 2 aromatic rings. The first-order valence-corrected chi connectivity index (χ1v) is 9.55. The van der Waals surface area contributed by atoms with Crippen LogP contribution in [0.4, 0.5) is 5.82 Å². The van der Waals surface area contributed by atoms with Crippen molar-refractivity contribution in [2.45, 2.75) is 63.8 Å². The second-order valence-electron chi connectivity index (χ2n) is 7.24. The molecule has 0 radical (unpaired) electrons. The summed E-state index contributed by atoms with van der Waals surface area (Å²) in [5.41, 5.74) is 0.852. The Bertz CT molecular complexity index is 677. The van der Waals surface area contributed by atoms with Gasteiger partial charge in [0, 0.05) is 18.5 Å². The number of likely N-dealkylation sites (tertiary alicyclic amines) is 1. The summed E-state index contributed by atoms with van der Waals surface area (Å²) in [6, 6.07) is 4.68. The highest BCUT2D eigenvalue weighted by Gasteiger charge is 2.29. The fourth-order valence-electron chi connectivity index (χ4n) is 3.66. The van der Waals surface area contributed by atoms with Crippen molar-refractivity contribution in [2.24, 2.45) is 0 Å². The highest BCUT2D eigenvalue weighted by molar-refractivity contribution is 5.44. The van der Waals surface area contributed by atoms with Crippen molar-refractivity contribution in [3.8, 4) is 0 Å². The molecule has 6 heteroatoms. The predicted octanol–water partition coefficient (Wildman–Crippen LogP) is 3.07. The van der Waals surface area contributed by atoms with Crippen LogP contribution in [0.3, 0.4) is 0 Å². The number of hydrogen-bond acceptors (Lipinski definition) is 5. The van der Waals surface area contributed by atoms with Crippen LogP contribution in [0.25, 0.3) is 5.65 Å². The van der Waals surface area contributed by atoms with Crippen LogP contribution in [0, 0.1) is 0 Å². The lowest BCUT2D eigenvalue weighted by atomic mass is 10.0. The summed E-state index contributed by atoms with van der Waals surface area (Å²) in [4.78, 5) is 2.66. The van der Waals surface area contributed by atoms with Gasteiger partial charge in [-0.05, 0) is 57.3 Å². The van der Waals surface area contributed by atoms with E-state index in [4.69, 9.17) is 5.10 Å². The van der Waals surface area contributed by atoms with Gasteiger partial charge >= 0.3 is 0 Å². The zero-order chi connectivity index (χ0) is 16.4. The van der Waals surface area contributed by atoms with Crippen LogP contribution >= 0.6 is 0 Å². The molecule has 1 aliphatic heterocycles. The van der Waals surface area contributed by atoms with Gasteiger partial charge in [-0.15, -0.1) is 15.3 Å². The van der Waals surface area contributed by atoms with Crippen molar-refractivity contribution in [3.63, 3.8) is 0 Å². The number of aromatic nitrogens is 4. The first kappa shape index (κ1) is 15.8. The number of nitrogens with one attached hydrogen (secondary N) is 1. The number of fused-ring (bicyclic) bond motifs is 1. The molecule has 2 aliphatic rings. The van der Waals surface area contributed by atoms with Crippen molar-refractivity contribution in [2.75, 3.05) is 25.0 Å². The maximum Gasteiger partial charge on any atom is 0.178 e. The molecule has 1 N–H and O–H groups in total. The Morgan fingerprint density at radius 2 is 2.08 bits per heavy atom. The van der Waals surface area contributed by atoms with E-state index < -0.39 is 0 Å². The minimum Gasteiger partial charge on any atom is -0.367 e. The normalized spacial score (nSPS) is 22.1. The molecule has 6 nitrogen and oxygen atoms in total. The predicted molar refractivity (Wildman–Crippen MR) is 95.4 cm³/mol. The van der Waals surface area contributed by atoms with Gasteiger partial charge < -0.3 is 5.32 Å². The molecule has 1 saturated carbocycles. The summed E-state index contributed by atoms with van der Waals surface area (Å²) < 4.78 is 1.93. The lowest BCUT2D eigenvalue weighted by Crippen LogP contribution is -2.44. The Kier molecular flexibility index (Phi) is 4.65. The van der Waals surface area contributed by atoms with Crippen LogP contribution < -0.4 is 5.32 Å². The maximum absolute atomic E-state index is 4.73. The van der Waals surface area contributed by atoms with E-state index in [0.717, 1.165) is 23.8 Å². The van der Waals surface area contributed by atoms with E-state index in [-0.39, 0.29) is 0 Å². The molecule has 0 amide bonds. The number of anilines is 1. The standard InChI is InChI=1S/C18H28N6/c1-2-3-11-23-12-5-4-6-15(23)13-19-16-9-10-17-20-21-18(14-7-8-14)24(17)22-16/h9-10,14-15H,2-8,11-13H2,1H3,(H,19,22). The molecule has 130 valence electrons. The average Bonchev–Trinajstić information content (AvgIpc) is 3.38. The lowest BCUT2D eigenvalue weighted by molar-refractivity contribution is 0.154. The lowest BCUT2D eigenvalue weighted by Gasteiger charge is -2.35. The minimum absolute atomic E-state index is 0.561. The first-order chi connectivity index (χ1) is 11.8. The fourth-order valence-corrected chi connectivity index (χ4v) is 3.66. The van der Waals surface area contributed by atoms with Crippen LogP contribution in [0.2, 0.25) is 0 Å². The van der Waals surface area contributed by atoms with Gasteiger partial charge in [0.25, 0.3) is 0 Å². The third kappa shape index (κ3) is 3.38. The Morgan fingerprint density at radius 1 is 1.17 bits per heavy atom. The van der Waals surface area contributed by atoms with Gasteiger partial charge in [0.15, 0.2) is 11.5 Å². The zero-order valence-electron chi connectivity index (χ0n) is 14.6. The summed E-state index contributed by atoms with van der Waals surface area (Å²) in [5, 5.41) is 16.8. The van der Waals surface area contributed by atoms with E-state index in [0.29, 0.717) is 12.0 Å². The van der Waals surface area contributed by atoms with E-state index in [1.165, 1.54) is 58.0 Å². The number of nitrogens with zero attached hydrogens (tertiary/aromatic N) is 5. The number of unbranched alkanes of at least 4 members (excludes halogenated alkanes) is 1. The fraction of sp³-hybridized carbons (Fsp3) is 0.722. The second-order valence-corrected chi connectivity index (χ2v) is 7.24. The second kappa shape index (κ2) is 7.05. The molecule has 1 unspecified atom stereocenters. The van der Waals surface area contributed by atoms with E-state index in [1.54, 1.807) is 0 Å². The summed E-state index contributed by atoms with van der Waals surface area (Å²) in [5.74, 6) is 2.52. The molecular weight excluding hydrogens is 300 g/mol. The highest BCUT2D eigenvalue weighted by Crippen LogP contribution is 2.38. The summed E-state index contributed by atoms with van der Waals surface area (Å²) in [6.45, 7) is 5.72. The van der Waals surface area contributed by atoms with Crippen molar-refractivity contribution in [1.82, 2.24) is 24.7 Å². The molecule has 0 bridgehead atoms. The molecular formula is C18H28N6. The first-order valence-electron chi connectivity index (χ1n) is 9.55. The third-order valence-corrected chi connectivity index (χ3v) is 5.30. The smallest absolute Gasteiger partial charge is 0.178 e. The Labute approximate surface area is 143 Å². The third-order valence-electron chi connectivity index (χ3n) is 5.30. The van der Waals surface area contributed by atoms with E-state index >= 15 is 0 Å². The quantitative estimate of drug-likeness (QED) is 0.846. The van der Waals surface area contributed by atoms with Crippen LogP contribution in [0.5, 0.6) is 0 Å². The van der Waals surface area contributed by atoms with Gasteiger partial charge in [-0.3, -0.25) is 4.90 Å². The maximum atomic E-state index is 4.73. The molecule has 2 aromatic heterocycles. The van der Waals surface area contributed by atoms with Crippen molar-refractivity contribution in [3.05, 3.63) is 18.0 Å². The van der Waals surface area contributed by atoms with Crippen LogP contribution in [-0.4, -0.2) is 50.4 Å². The monoisotopic (exact) mass is 328 g/mol. The Balaban J connectivity index is 1.42. The molecule has 4 rings (SSSR count). The molecule has 24 heavy (non-hydrogen) atoms. The zero-order valence-corrected chi connectivity index (χ0v) is 14.6. The van der Waals surface area contributed by atoms with E-state index in [9.17, 15) is 0 Å². The van der Waals surface area contributed by atoms with Crippen molar-refractivity contribution in [1.29, 1.82) is 0 Å². The van der Waals surface area contributed by atoms with Crippen LogP contribution in [0.15, 0.2) is 12.1 Å². The number of piperidine rings is 1. The van der Waals surface area contributed by atoms with Gasteiger partial charge in [0.05, 0.1) is 0 Å².